The van der Waals surface area contributed by atoms with Gasteiger partial charge in [0.15, 0.2) is 0 Å². The molecular weight excluding hydrogens is 206 g/mol. The highest BCUT2D eigenvalue weighted by molar-refractivity contribution is 5.73. The van der Waals surface area contributed by atoms with Crippen LogP contribution < -0.4 is 5.32 Å². The number of amides is 1. The SMILES string of the molecule is CCC(C)C(C)C(CNC(C)=O)CC(=O)O. The van der Waals surface area contributed by atoms with Crippen molar-refractivity contribution in [3.8, 4) is 0 Å². The second kappa shape index (κ2) is 7.25. The highest BCUT2D eigenvalue weighted by Gasteiger charge is 2.24. The molecular formula is C12H23NO3. The fraction of sp³-hybridized carbons (Fsp3) is 0.833. The summed E-state index contributed by atoms with van der Waals surface area (Å²) in [5.74, 6) is -0.125. The number of carbonyl (C=O) groups is 2. The number of nitrogens with one attached hydrogen (secondary N) is 1. The molecule has 3 atom stereocenters. The zero-order chi connectivity index (χ0) is 12.7. The molecule has 0 saturated heterocycles. The van der Waals surface area contributed by atoms with Gasteiger partial charge in [-0.1, -0.05) is 27.2 Å². The molecule has 0 aliphatic rings. The number of hydrogen-bond acceptors (Lipinski definition) is 2. The molecule has 0 aromatic rings. The van der Waals surface area contributed by atoms with Gasteiger partial charge in [0.1, 0.15) is 0 Å². The van der Waals surface area contributed by atoms with Crippen molar-refractivity contribution in [2.45, 2.75) is 40.5 Å². The summed E-state index contributed by atoms with van der Waals surface area (Å²) in [5, 5.41) is 11.5. The number of rotatable bonds is 7. The van der Waals surface area contributed by atoms with Crippen molar-refractivity contribution < 1.29 is 14.7 Å². The molecule has 1 amide bonds. The molecule has 4 nitrogen and oxygen atoms in total. The summed E-state index contributed by atoms with van der Waals surface area (Å²) < 4.78 is 0. The molecule has 0 fully saturated rings. The molecule has 0 aromatic heterocycles. The van der Waals surface area contributed by atoms with Crippen molar-refractivity contribution in [1.82, 2.24) is 5.32 Å². The second-order valence-electron chi connectivity index (χ2n) is 4.54. The van der Waals surface area contributed by atoms with Gasteiger partial charge in [0, 0.05) is 13.5 Å². The molecule has 4 heteroatoms. The molecule has 0 saturated carbocycles. The topological polar surface area (TPSA) is 66.4 Å². The van der Waals surface area contributed by atoms with Gasteiger partial charge in [-0.25, -0.2) is 0 Å². The molecule has 0 heterocycles. The molecule has 94 valence electrons. The maximum Gasteiger partial charge on any atom is 0.303 e. The Morgan fingerprint density at radius 3 is 2.25 bits per heavy atom. The van der Waals surface area contributed by atoms with Crippen LogP contribution in [0.1, 0.15) is 40.5 Å². The van der Waals surface area contributed by atoms with Gasteiger partial charge in [0.05, 0.1) is 6.42 Å². The third-order valence-corrected chi connectivity index (χ3v) is 3.34. The number of carbonyl (C=O) groups excluding carboxylic acids is 1. The van der Waals surface area contributed by atoms with Crippen LogP contribution in [-0.4, -0.2) is 23.5 Å². The van der Waals surface area contributed by atoms with Gasteiger partial charge in [-0.3, -0.25) is 9.59 Å². The van der Waals surface area contributed by atoms with Crippen LogP contribution in [0.2, 0.25) is 0 Å². The quantitative estimate of drug-likeness (QED) is 0.700. The summed E-state index contributed by atoms with van der Waals surface area (Å²) in [4.78, 5) is 21.6. The Bertz CT molecular complexity index is 240. The number of aliphatic carboxylic acids is 1. The lowest BCUT2D eigenvalue weighted by molar-refractivity contribution is -0.139. The summed E-state index contributed by atoms with van der Waals surface area (Å²) >= 11 is 0. The van der Waals surface area contributed by atoms with E-state index in [0.29, 0.717) is 18.4 Å². The lowest BCUT2D eigenvalue weighted by Gasteiger charge is -2.27. The van der Waals surface area contributed by atoms with Crippen LogP contribution in [0, 0.1) is 17.8 Å². The minimum Gasteiger partial charge on any atom is -0.481 e. The van der Waals surface area contributed by atoms with E-state index in [0.717, 1.165) is 6.42 Å². The fourth-order valence-corrected chi connectivity index (χ4v) is 1.78. The highest BCUT2D eigenvalue weighted by atomic mass is 16.4. The van der Waals surface area contributed by atoms with Crippen LogP contribution in [-0.2, 0) is 9.59 Å². The largest absolute Gasteiger partial charge is 0.481 e. The average molecular weight is 229 g/mol. The van der Waals surface area contributed by atoms with Crippen LogP contribution in [0.3, 0.4) is 0 Å². The van der Waals surface area contributed by atoms with Crippen LogP contribution in [0.15, 0.2) is 0 Å². The summed E-state index contributed by atoms with van der Waals surface area (Å²) in [7, 11) is 0. The molecule has 0 bridgehead atoms. The predicted molar refractivity (Wildman–Crippen MR) is 63.0 cm³/mol. The zero-order valence-electron chi connectivity index (χ0n) is 10.6. The molecule has 0 rings (SSSR count). The number of hydrogen-bond donors (Lipinski definition) is 2. The maximum absolute atomic E-state index is 10.8. The van der Waals surface area contributed by atoms with Crippen LogP contribution >= 0.6 is 0 Å². The summed E-state index contributed by atoms with van der Waals surface area (Å²) in [6, 6.07) is 0. The lowest BCUT2D eigenvalue weighted by atomic mass is 9.81. The van der Waals surface area contributed by atoms with E-state index in [4.69, 9.17) is 5.11 Å². The Balaban J connectivity index is 4.39. The Hall–Kier alpha value is -1.06. The van der Waals surface area contributed by atoms with Gasteiger partial charge in [-0.05, 0) is 17.8 Å². The van der Waals surface area contributed by atoms with Crippen LogP contribution in [0.4, 0.5) is 0 Å². The highest BCUT2D eigenvalue weighted by Crippen LogP contribution is 2.25. The smallest absolute Gasteiger partial charge is 0.303 e. The average Bonchev–Trinajstić information content (AvgIpc) is 2.21. The van der Waals surface area contributed by atoms with Crippen molar-refractivity contribution in [3.63, 3.8) is 0 Å². The lowest BCUT2D eigenvalue weighted by Crippen LogP contribution is -2.33. The first-order valence-electron chi connectivity index (χ1n) is 5.84. The van der Waals surface area contributed by atoms with E-state index in [1.807, 2.05) is 0 Å². The van der Waals surface area contributed by atoms with Gasteiger partial charge in [-0.2, -0.15) is 0 Å². The molecule has 0 radical (unpaired) electrons. The Morgan fingerprint density at radius 1 is 1.31 bits per heavy atom. The van der Waals surface area contributed by atoms with Crippen molar-refractivity contribution in [2.75, 3.05) is 6.54 Å². The van der Waals surface area contributed by atoms with Crippen molar-refractivity contribution in [3.05, 3.63) is 0 Å². The summed E-state index contributed by atoms with van der Waals surface area (Å²) in [6.07, 6.45) is 1.14. The van der Waals surface area contributed by atoms with Gasteiger partial charge in [-0.15, -0.1) is 0 Å². The summed E-state index contributed by atoms with van der Waals surface area (Å²) in [5.41, 5.74) is 0. The Kier molecular flexibility index (Phi) is 6.77. The van der Waals surface area contributed by atoms with E-state index >= 15 is 0 Å². The first kappa shape index (κ1) is 14.9. The third kappa shape index (κ3) is 5.73. The third-order valence-electron chi connectivity index (χ3n) is 3.34. The van der Waals surface area contributed by atoms with E-state index in [9.17, 15) is 9.59 Å². The first-order valence-corrected chi connectivity index (χ1v) is 5.84. The van der Waals surface area contributed by atoms with Crippen LogP contribution in [0.5, 0.6) is 0 Å². The molecule has 0 aliphatic heterocycles. The number of carboxylic acid groups (broad SMARTS) is 1. The zero-order valence-corrected chi connectivity index (χ0v) is 10.6. The van der Waals surface area contributed by atoms with Crippen molar-refractivity contribution in [2.24, 2.45) is 17.8 Å². The fourth-order valence-electron chi connectivity index (χ4n) is 1.78. The van der Waals surface area contributed by atoms with Gasteiger partial charge >= 0.3 is 5.97 Å². The predicted octanol–water partition coefficient (Wildman–Crippen LogP) is 1.90. The minimum atomic E-state index is -0.800. The Morgan fingerprint density at radius 2 is 1.88 bits per heavy atom. The minimum absolute atomic E-state index is 0.0105. The van der Waals surface area contributed by atoms with Gasteiger partial charge in [0.25, 0.3) is 0 Å². The van der Waals surface area contributed by atoms with Crippen molar-refractivity contribution in [1.29, 1.82) is 0 Å². The number of carboxylic acids is 1. The van der Waals surface area contributed by atoms with E-state index in [1.165, 1.54) is 6.92 Å². The van der Waals surface area contributed by atoms with Crippen molar-refractivity contribution >= 4 is 11.9 Å². The van der Waals surface area contributed by atoms with E-state index < -0.39 is 5.97 Å². The van der Waals surface area contributed by atoms with Gasteiger partial charge < -0.3 is 10.4 Å². The summed E-state index contributed by atoms with van der Waals surface area (Å²) in [6.45, 7) is 8.17. The standard InChI is InChI=1S/C12H23NO3/c1-5-8(2)9(3)11(6-12(15)16)7-13-10(4)14/h8-9,11H,5-7H2,1-4H3,(H,13,14)(H,15,16). The first-order chi connectivity index (χ1) is 7.38. The van der Waals surface area contributed by atoms with E-state index in [-0.39, 0.29) is 18.2 Å². The molecule has 0 aliphatic carbocycles. The van der Waals surface area contributed by atoms with E-state index in [2.05, 4.69) is 26.1 Å². The normalized spacial score (nSPS) is 16.2. The maximum atomic E-state index is 10.8. The Labute approximate surface area is 97.4 Å². The molecule has 0 aromatic carbocycles. The monoisotopic (exact) mass is 229 g/mol. The molecule has 0 spiro atoms. The molecule has 16 heavy (non-hydrogen) atoms. The van der Waals surface area contributed by atoms with Gasteiger partial charge in [0.2, 0.25) is 5.91 Å². The molecule has 3 unspecified atom stereocenters. The van der Waals surface area contributed by atoms with Crippen LogP contribution in [0.25, 0.3) is 0 Å². The second-order valence-corrected chi connectivity index (χ2v) is 4.54. The van der Waals surface area contributed by atoms with E-state index in [1.54, 1.807) is 0 Å². The molecule has 2 N–H and O–H groups in total.